The number of carboxylic acids is 1. The molecule has 0 bridgehead atoms. The summed E-state index contributed by atoms with van der Waals surface area (Å²) in [6.07, 6.45) is 11.8. The molecule has 0 aliphatic carbocycles. The molecule has 6 aliphatic rings. The van der Waals surface area contributed by atoms with Crippen molar-refractivity contribution in [2.75, 3.05) is 73.2 Å². The highest BCUT2D eigenvalue weighted by atomic mass is 16.7. The molecule has 3 N–H and O–H groups in total. The van der Waals surface area contributed by atoms with Crippen LogP contribution in [0.2, 0.25) is 0 Å². The van der Waals surface area contributed by atoms with E-state index in [9.17, 15) is 33.6 Å². The van der Waals surface area contributed by atoms with Crippen LogP contribution in [-0.2, 0) is 54.6 Å². The third kappa shape index (κ3) is 18.3. The standard InChI is InChI=1S/C40H49N5O8.C27H36N2O8.CO2/c1-5-19-52-40(49)45-32-24-34(27(3)22-30(32)38(48)44-18-8-6-11-31(44)39(45)53-36-13-7-9-20-51-36)50-21-10-12-35(46)41-29-23-33(43(4)25-29)37(47)42-28-16-14-26(2)15-17-28;1-3-13-36-27(33)29-21-17-22(34-15-8-10-23(30)31)18(2)16-19(21)25(32)28-12-6-4-9-20(28)26(29)37-24-11-5-7-14-35-24;2-1-3/h5,14-17,22-25,31,36,39H,1,6-13,18-21H2,2-4H3,(H,41,46)(H,42,47);3,16-17,20,24,26H,1,4-15H2,2H3,(H,30,31);/t31-,36?,39?;20-,24?,26?;/m00./s1. The number of hydrogen-bond acceptors (Lipinski definition) is 17. The van der Waals surface area contributed by atoms with Crippen LogP contribution in [0.1, 0.15) is 151 Å². The van der Waals surface area contributed by atoms with Crippen molar-refractivity contribution in [3.63, 3.8) is 0 Å². The maximum absolute atomic E-state index is 14.1. The molecule has 10 rings (SSSR count). The minimum absolute atomic E-state index is 0.00402. The molecule has 4 aromatic rings. The van der Waals surface area contributed by atoms with E-state index < -0.39 is 49.2 Å². The van der Waals surface area contributed by atoms with Crippen molar-refractivity contribution in [2.45, 2.75) is 161 Å². The molecule has 25 heteroatoms. The normalized spacial score (nSPS) is 20.7. The van der Waals surface area contributed by atoms with Gasteiger partial charge in [0.05, 0.1) is 53.5 Å². The first-order valence-electron chi connectivity index (χ1n) is 31.8. The van der Waals surface area contributed by atoms with Gasteiger partial charge in [-0.15, -0.1) is 0 Å². The zero-order valence-electron chi connectivity index (χ0n) is 53.4. The second-order valence-corrected chi connectivity index (χ2v) is 23.5. The molecule has 7 heterocycles. The number of fused-ring (bicyclic) bond motifs is 4. The van der Waals surface area contributed by atoms with Crippen molar-refractivity contribution in [3.05, 3.63) is 120 Å². The number of aryl methyl sites for hydroxylation is 4. The van der Waals surface area contributed by atoms with Gasteiger partial charge >= 0.3 is 24.3 Å². The van der Waals surface area contributed by atoms with Crippen molar-refractivity contribution < 1.29 is 86.2 Å². The second-order valence-electron chi connectivity index (χ2n) is 23.5. The topological polar surface area (TPSA) is 290 Å². The molecule has 1 aromatic heterocycles. The average Bonchev–Trinajstić information content (AvgIpc) is 1.65. The number of nitrogens with zero attached hydrogens (tertiary/aromatic N) is 5. The van der Waals surface area contributed by atoms with Gasteiger partial charge in [-0.25, -0.2) is 19.4 Å². The number of aliphatic carboxylic acids is 1. The number of amides is 6. The number of hydrogen-bond donors (Lipinski definition) is 3. The molecular weight excluding hydrogens is 1200 g/mol. The Morgan fingerprint density at radius 1 is 0.634 bits per heavy atom. The van der Waals surface area contributed by atoms with E-state index in [1.165, 1.54) is 22.0 Å². The fourth-order valence-electron chi connectivity index (χ4n) is 12.1. The van der Waals surface area contributed by atoms with Crippen molar-refractivity contribution in [3.8, 4) is 11.5 Å². The van der Waals surface area contributed by atoms with E-state index in [2.05, 4.69) is 23.8 Å². The summed E-state index contributed by atoms with van der Waals surface area (Å²) in [5.74, 6) is -0.824. The number of rotatable bonds is 21. The largest absolute Gasteiger partial charge is 0.493 e. The summed E-state index contributed by atoms with van der Waals surface area (Å²) in [5, 5.41) is 14.7. The number of ether oxygens (including phenoxy) is 8. The summed E-state index contributed by atoms with van der Waals surface area (Å²) in [6, 6.07) is 15.2. The van der Waals surface area contributed by atoms with Crippen LogP contribution in [0.5, 0.6) is 11.5 Å². The number of benzene rings is 3. The highest BCUT2D eigenvalue weighted by Gasteiger charge is 2.49. The molecule has 0 saturated carbocycles. The molecule has 93 heavy (non-hydrogen) atoms. The molecule has 500 valence electrons. The van der Waals surface area contributed by atoms with Crippen LogP contribution in [-0.4, -0.2) is 157 Å². The number of anilines is 4. The lowest BCUT2D eigenvalue weighted by atomic mass is 10.00. The van der Waals surface area contributed by atoms with Gasteiger partial charge in [-0.2, -0.15) is 9.59 Å². The Morgan fingerprint density at radius 2 is 1.11 bits per heavy atom. The number of piperidine rings is 2. The Hall–Kier alpha value is -8.87. The van der Waals surface area contributed by atoms with Gasteiger partial charge in [0.25, 0.3) is 17.7 Å². The Bertz CT molecular complexity index is 3330. The maximum atomic E-state index is 14.1. The summed E-state index contributed by atoms with van der Waals surface area (Å²) in [4.78, 5) is 115. The van der Waals surface area contributed by atoms with Crippen LogP contribution in [0.15, 0.2) is 86.1 Å². The molecule has 6 atom stereocenters. The van der Waals surface area contributed by atoms with Gasteiger partial charge < -0.3 is 68.0 Å². The molecule has 4 fully saturated rings. The third-order valence-electron chi connectivity index (χ3n) is 16.7. The van der Waals surface area contributed by atoms with Crippen LogP contribution < -0.4 is 29.9 Å². The van der Waals surface area contributed by atoms with E-state index in [0.29, 0.717) is 127 Å². The number of carboxylic acid groups (broad SMARTS) is 1. The van der Waals surface area contributed by atoms with E-state index in [-0.39, 0.29) is 75.1 Å². The Balaban J connectivity index is 0.000000243. The van der Waals surface area contributed by atoms with E-state index in [1.807, 2.05) is 54.8 Å². The van der Waals surface area contributed by atoms with Crippen molar-refractivity contribution in [2.24, 2.45) is 7.05 Å². The van der Waals surface area contributed by atoms with Gasteiger partial charge in [-0.3, -0.25) is 24.0 Å². The van der Waals surface area contributed by atoms with Crippen LogP contribution in [0.3, 0.4) is 0 Å². The predicted octanol–water partition coefficient (Wildman–Crippen LogP) is 10.4. The third-order valence-corrected chi connectivity index (χ3v) is 16.7. The van der Waals surface area contributed by atoms with E-state index in [1.54, 1.807) is 48.1 Å². The van der Waals surface area contributed by atoms with Gasteiger partial charge in [0.1, 0.15) is 30.4 Å². The first kappa shape index (κ1) is 70.0. The molecule has 3 aromatic carbocycles. The number of nitrogens with one attached hydrogen (secondary N) is 2. The molecule has 0 radical (unpaired) electrons. The van der Waals surface area contributed by atoms with E-state index >= 15 is 0 Å². The lowest BCUT2D eigenvalue weighted by Gasteiger charge is -2.42. The van der Waals surface area contributed by atoms with Crippen molar-refractivity contribution >= 4 is 70.7 Å². The van der Waals surface area contributed by atoms with Gasteiger partial charge in [0, 0.05) is 70.2 Å². The monoisotopic (exact) mass is 1290 g/mol. The smallest absolute Gasteiger partial charge is 0.416 e. The summed E-state index contributed by atoms with van der Waals surface area (Å²) in [7, 11) is 1.74. The van der Waals surface area contributed by atoms with Gasteiger partial charge in [0.2, 0.25) is 5.91 Å². The SMILES string of the molecule is C=CCOC(=O)N1c2cc(OCCCC(=O)Nc3cc(C(=O)Nc4ccc(C)cc4)n(C)c3)c(C)cc2C(=O)N2CCCC[C@H]2C1OC1CCCCO1.C=CCOC(=O)N1c2cc(OCCCC(=O)O)c(C)cc2C(=O)N2CCCC[C@H]2C1OC1CCCCO1.O=C=O. The van der Waals surface area contributed by atoms with Crippen LogP contribution >= 0.6 is 0 Å². The minimum atomic E-state index is -0.898. The quantitative estimate of drug-likeness (QED) is 0.0516. The molecule has 0 spiro atoms. The summed E-state index contributed by atoms with van der Waals surface area (Å²) in [6.45, 7) is 15.6. The van der Waals surface area contributed by atoms with Crippen LogP contribution in [0, 0.1) is 20.8 Å². The Kier molecular flexibility index (Phi) is 25.7. The van der Waals surface area contributed by atoms with Gasteiger partial charge in [-0.05, 0) is 152 Å². The maximum Gasteiger partial charge on any atom is 0.416 e. The summed E-state index contributed by atoms with van der Waals surface area (Å²) < 4.78 is 49.7. The molecule has 25 nitrogen and oxygen atoms in total. The van der Waals surface area contributed by atoms with E-state index in [4.69, 9.17) is 52.6 Å². The Morgan fingerprint density at radius 3 is 1.56 bits per heavy atom. The highest BCUT2D eigenvalue weighted by molar-refractivity contribution is 6.07. The average molecular weight is 1290 g/mol. The number of aromatic nitrogens is 1. The number of carbonyl (C=O) groups is 7. The fourth-order valence-corrected chi connectivity index (χ4v) is 12.1. The summed E-state index contributed by atoms with van der Waals surface area (Å²) >= 11 is 0. The molecular formula is C68H85N7O18. The van der Waals surface area contributed by atoms with E-state index in [0.717, 1.165) is 56.9 Å². The minimum Gasteiger partial charge on any atom is -0.493 e. The van der Waals surface area contributed by atoms with Crippen LogP contribution in [0.4, 0.5) is 32.3 Å². The summed E-state index contributed by atoms with van der Waals surface area (Å²) in [5.41, 5.74) is 5.52. The lowest BCUT2D eigenvalue weighted by molar-refractivity contribution is -0.199. The van der Waals surface area contributed by atoms with Crippen LogP contribution in [0.25, 0.3) is 0 Å². The fraction of sp³-hybridized carbons (Fsp3) is 0.500. The molecule has 6 amide bonds. The van der Waals surface area contributed by atoms with Crippen molar-refractivity contribution in [1.29, 1.82) is 0 Å². The zero-order valence-corrected chi connectivity index (χ0v) is 53.4. The first-order chi connectivity index (χ1) is 44.9. The van der Waals surface area contributed by atoms with Gasteiger partial charge in [0.15, 0.2) is 25.0 Å². The first-order valence-corrected chi connectivity index (χ1v) is 31.8. The zero-order chi connectivity index (χ0) is 66.6. The Labute approximate surface area is 541 Å². The van der Waals surface area contributed by atoms with Crippen molar-refractivity contribution in [1.82, 2.24) is 14.4 Å². The molecule has 6 aliphatic heterocycles. The molecule has 4 saturated heterocycles. The second kappa shape index (κ2) is 34.2. The highest BCUT2D eigenvalue weighted by Crippen LogP contribution is 2.42. The molecule has 4 unspecified atom stereocenters. The van der Waals surface area contributed by atoms with Gasteiger partial charge in [-0.1, -0.05) is 43.0 Å². The predicted molar refractivity (Wildman–Crippen MR) is 340 cm³/mol. The number of carbonyl (C=O) groups excluding carboxylic acids is 8. The lowest BCUT2D eigenvalue weighted by Crippen LogP contribution is -2.57.